The molecule has 0 aliphatic heterocycles. The van der Waals surface area contributed by atoms with Gasteiger partial charge in [0.2, 0.25) is 0 Å². The first-order valence-corrected chi connectivity index (χ1v) is 2.73. The Balaban J connectivity index is 0. The molecule has 0 aliphatic rings. The van der Waals surface area contributed by atoms with Crippen molar-refractivity contribution < 1.29 is 23.3 Å². The average molecular weight is 188 g/mol. The van der Waals surface area contributed by atoms with Crippen molar-refractivity contribution in [1.82, 2.24) is 4.98 Å². The van der Waals surface area contributed by atoms with E-state index < -0.39 is 0 Å². The van der Waals surface area contributed by atoms with E-state index in [1.54, 1.807) is 19.5 Å². The molecule has 0 bridgehead atoms. The van der Waals surface area contributed by atoms with Crippen LogP contribution in [0.3, 0.4) is 0 Å². The number of pyridine rings is 1. The van der Waals surface area contributed by atoms with Gasteiger partial charge in [-0.2, -0.15) is 11.6 Å². The number of aromatic nitrogens is 1. The summed E-state index contributed by atoms with van der Waals surface area (Å²) in [5, 5.41) is 0. The van der Waals surface area contributed by atoms with Gasteiger partial charge in [-0.15, -0.1) is 0 Å². The average Bonchev–Trinajstić information content (AvgIpc) is 1.91. The van der Waals surface area contributed by atoms with E-state index in [0.29, 0.717) is 6.61 Å². The maximum Gasteiger partial charge on any atom is 2.00 e. The number of ether oxygens (including phenoxy) is 1. The number of hydrogen-bond donors (Lipinski definition) is 0. The van der Waals surface area contributed by atoms with Crippen LogP contribution in [0.4, 0.5) is 0 Å². The summed E-state index contributed by atoms with van der Waals surface area (Å²) in [5.41, 5.74) is 1.03. The Kier molecular flexibility index (Phi) is 9.43. The topological polar surface area (TPSA) is 22.1 Å². The van der Waals surface area contributed by atoms with E-state index in [2.05, 4.69) is 11.1 Å². The van der Waals surface area contributed by atoms with Crippen molar-refractivity contribution >= 4 is 0 Å². The summed E-state index contributed by atoms with van der Waals surface area (Å²) in [6.45, 7) is 0.614. The van der Waals surface area contributed by atoms with Crippen LogP contribution < -0.4 is 0 Å². The van der Waals surface area contributed by atoms with Gasteiger partial charge < -0.3 is 17.1 Å². The number of hydrogen-bond acceptors (Lipinski definition) is 2. The van der Waals surface area contributed by atoms with Gasteiger partial charge in [-0.3, -0.25) is 0 Å². The van der Waals surface area contributed by atoms with Gasteiger partial charge >= 0.3 is 18.6 Å². The number of rotatable bonds is 2. The fourth-order valence-electron chi connectivity index (χ4n) is 0.590. The Labute approximate surface area is 79.9 Å². The number of methoxy groups -OCH3 is 1. The molecule has 0 unspecified atom stereocenters. The fraction of sp³-hybridized carbons (Fsp3) is 0.250. The molecule has 0 saturated carbocycles. The van der Waals surface area contributed by atoms with Gasteiger partial charge in [-0.05, 0) is 0 Å². The zero-order chi connectivity index (χ0) is 6.53. The SMILES string of the molecule is COCc1[c-]cncc1.[CH3-].[V+2]. The smallest absolute Gasteiger partial charge is 0.383 e. The third-order valence-corrected chi connectivity index (χ3v) is 0.986. The molecule has 1 aromatic rings. The van der Waals surface area contributed by atoms with Gasteiger partial charge in [-0.25, -0.2) is 6.07 Å². The maximum atomic E-state index is 4.87. The van der Waals surface area contributed by atoms with Crippen LogP contribution in [0.1, 0.15) is 5.56 Å². The first-order valence-electron chi connectivity index (χ1n) is 2.73. The molecule has 0 aliphatic carbocycles. The van der Waals surface area contributed by atoms with Crippen molar-refractivity contribution in [2.24, 2.45) is 0 Å². The first kappa shape index (κ1) is 13.3. The molecule has 2 nitrogen and oxygen atoms in total. The largest absolute Gasteiger partial charge is 2.00 e. The predicted molar refractivity (Wildman–Crippen MR) is 40.2 cm³/mol. The maximum absolute atomic E-state index is 4.87. The van der Waals surface area contributed by atoms with Crippen molar-refractivity contribution in [2.75, 3.05) is 7.11 Å². The summed E-state index contributed by atoms with van der Waals surface area (Å²) >= 11 is 0. The van der Waals surface area contributed by atoms with E-state index in [-0.39, 0.29) is 26.0 Å². The molecule has 11 heavy (non-hydrogen) atoms. The molecule has 59 valence electrons. The van der Waals surface area contributed by atoms with E-state index in [4.69, 9.17) is 4.74 Å². The fourth-order valence-corrected chi connectivity index (χ4v) is 0.590. The minimum Gasteiger partial charge on any atom is -0.383 e. The van der Waals surface area contributed by atoms with Crippen molar-refractivity contribution in [3.8, 4) is 0 Å². The van der Waals surface area contributed by atoms with Gasteiger partial charge in [-0.1, -0.05) is 12.4 Å². The van der Waals surface area contributed by atoms with Crippen LogP contribution in [-0.4, -0.2) is 12.1 Å². The van der Waals surface area contributed by atoms with Crippen LogP contribution in [-0.2, 0) is 29.9 Å². The predicted octanol–water partition coefficient (Wildman–Crippen LogP) is 1.48. The quantitative estimate of drug-likeness (QED) is 0.656. The molecule has 0 spiro atoms. The van der Waals surface area contributed by atoms with E-state index in [0.717, 1.165) is 5.56 Å². The summed E-state index contributed by atoms with van der Waals surface area (Å²) in [4.78, 5) is 3.82. The van der Waals surface area contributed by atoms with Crippen molar-refractivity contribution in [2.45, 2.75) is 6.61 Å². The summed E-state index contributed by atoms with van der Waals surface area (Å²) in [6.07, 6.45) is 3.36. The van der Waals surface area contributed by atoms with E-state index in [1.807, 2.05) is 6.07 Å². The Hall–Kier alpha value is -0.306. The molecule has 0 fully saturated rings. The van der Waals surface area contributed by atoms with Gasteiger partial charge in [0.25, 0.3) is 0 Å². The molecular weight excluding hydrogens is 177 g/mol. The van der Waals surface area contributed by atoms with E-state index in [1.165, 1.54) is 0 Å². The Morgan fingerprint density at radius 3 is 2.82 bits per heavy atom. The standard InChI is InChI=1S/C7H8NO.CH3.V/c1-9-6-7-2-4-8-5-3-7;;/h2,4-5H,6H2,1H3;1H3;/q2*-1;+2. The molecule has 0 saturated heterocycles. The Morgan fingerprint density at radius 1 is 1.64 bits per heavy atom. The summed E-state index contributed by atoms with van der Waals surface area (Å²) in [7, 11) is 1.66. The van der Waals surface area contributed by atoms with Crippen LogP contribution in [0, 0.1) is 13.5 Å². The van der Waals surface area contributed by atoms with Gasteiger partial charge in [0.15, 0.2) is 0 Å². The van der Waals surface area contributed by atoms with Crippen molar-refractivity contribution in [1.29, 1.82) is 0 Å². The molecule has 1 aromatic heterocycles. The van der Waals surface area contributed by atoms with E-state index >= 15 is 0 Å². The van der Waals surface area contributed by atoms with Crippen molar-refractivity contribution in [3.05, 3.63) is 37.5 Å². The zero-order valence-electron chi connectivity index (χ0n) is 6.74. The van der Waals surface area contributed by atoms with Crippen LogP contribution in [0.2, 0.25) is 0 Å². The molecule has 0 aromatic carbocycles. The molecule has 1 heterocycles. The molecule has 1 rings (SSSR count). The third kappa shape index (κ3) is 5.02. The zero-order valence-corrected chi connectivity index (χ0v) is 8.14. The van der Waals surface area contributed by atoms with Gasteiger partial charge in [0, 0.05) is 13.7 Å². The summed E-state index contributed by atoms with van der Waals surface area (Å²) < 4.78 is 4.87. The Morgan fingerprint density at radius 2 is 2.36 bits per heavy atom. The third-order valence-electron chi connectivity index (χ3n) is 0.986. The minimum atomic E-state index is 0. The molecular formula is C8H11NOV. The second kappa shape index (κ2) is 7.80. The van der Waals surface area contributed by atoms with Crippen LogP contribution >= 0.6 is 0 Å². The summed E-state index contributed by atoms with van der Waals surface area (Å²) in [5.74, 6) is 0. The van der Waals surface area contributed by atoms with E-state index in [9.17, 15) is 0 Å². The molecule has 0 amide bonds. The molecule has 0 atom stereocenters. The second-order valence-corrected chi connectivity index (χ2v) is 1.70. The molecule has 3 heteroatoms. The normalized spacial score (nSPS) is 7.73. The van der Waals surface area contributed by atoms with Gasteiger partial charge in [0.1, 0.15) is 0 Å². The van der Waals surface area contributed by atoms with Crippen molar-refractivity contribution in [3.63, 3.8) is 0 Å². The second-order valence-electron chi connectivity index (χ2n) is 1.70. The monoisotopic (exact) mass is 188 g/mol. The minimum absolute atomic E-state index is 0. The molecule has 1 radical (unpaired) electrons. The number of nitrogens with zero attached hydrogens (tertiary/aromatic N) is 1. The van der Waals surface area contributed by atoms with Crippen LogP contribution in [0.5, 0.6) is 0 Å². The summed E-state index contributed by atoms with van der Waals surface area (Å²) in [6, 6.07) is 4.81. The van der Waals surface area contributed by atoms with Gasteiger partial charge in [0.05, 0.1) is 0 Å². The molecule has 0 N–H and O–H groups in total. The van der Waals surface area contributed by atoms with Crippen LogP contribution in [0.15, 0.2) is 18.5 Å². The van der Waals surface area contributed by atoms with Crippen LogP contribution in [0.25, 0.3) is 0 Å². The Bertz CT molecular complexity index is 167. The first-order chi connectivity index (χ1) is 4.43.